The van der Waals surface area contributed by atoms with E-state index < -0.39 is 11.5 Å². The van der Waals surface area contributed by atoms with Gasteiger partial charge in [0, 0.05) is 36.7 Å². The Kier molecular flexibility index (Phi) is 6.72. The van der Waals surface area contributed by atoms with E-state index >= 15 is 0 Å². The largest absolute Gasteiger partial charge is 0.380 e. The molecule has 190 valence electrons. The number of carbonyl (C=O) groups excluding carboxylic acids is 1. The van der Waals surface area contributed by atoms with Gasteiger partial charge in [0.25, 0.3) is 0 Å². The molecule has 1 spiro atoms. The van der Waals surface area contributed by atoms with Crippen molar-refractivity contribution < 1.29 is 13.9 Å². The summed E-state index contributed by atoms with van der Waals surface area (Å²) in [4.78, 5) is 28.3. The van der Waals surface area contributed by atoms with Crippen LogP contribution in [-0.2, 0) is 22.5 Å². The summed E-state index contributed by atoms with van der Waals surface area (Å²) in [6.07, 6.45) is 0.912. The molecule has 36 heavy (non-hydrogen) atoms. The zero-order valence-electron chi connectivity index (χ0n) is 20.3. The zero-order valence-corrected chi connectivity index (χ0v) is 21.1. The second-order valence-corrected chi connectivity index (χ2v) is 10.5. The Morgan fingerprint density at radius 2 is 1.92 bits per heavy atom. The lowest BCUT2D eigenvalue weighted by atomic mass is 9.78. The first-order chi connectivity index (χ1) is 17.2. The SMILES string of the molecule is CC(C)NC(=O)Cn1c(-c2ccc(F)c(Cl)c2)nn(-c2ccc(CCN3CC4(COC4)C3)cc2)c1=O. The van der Waals surface area contributed by atoms with Gasteiger partial charge in [0.05, 0.1) is 23.9 Å². The number of rotatable bonds is 8. The van der Waals surface area contributed by atoms with E-state index in [9.17, 15) is 14.0 Å². The predicted molar refractivity (Wildman–Crippen MR) is 135 cm³/mol. The van der Waals surface area contributed by atoms with E-state index in [1.165, 1.54) is 33.0 Å². The fourth-order valence-corrected chi connectivity index (χ4v) is 4.97. The number of nitrogens with zero attached hydrogens (tertiary/aromatic N) is 4. The summed E-state index contributed by atoms with van der Waals surface area (Å²) in [5.74, 6) is -0.662. The van der Waals surface area contributed by atoms with Crippen molar-refractivity contribution in [3.05, 3.63) is 69.4 Å². The van der Waals surface area contributed by atoms with Crippen LogP contribution in [0.2, 0.25) is 5.02 Å². The van der Waals surface area contributed by atoms with E-state index in [4.69, 9.17) is 16.3 Å². The molecule has 0 radical (unpaired) electrons. The highest BCUT2D eigenvalue weighted by Gasteiger charge is 2.48. The molecule has 3 heterocycles. The van der Waals surface area contributed by atoms with Gasteiger partial charge in [-0.25, -0.2) is 9.18 Å². The minimum Gasteiger partial charge on any atom is -0.380 e. The average molecular weight is 514 g/mol. The molecule has 1 aromatic heterocycles. The molecule has 0 aliphatic carbocycles. The van der Waals surface area contributed by atoms with Crippen LogP contribution in [0.3, 0.4) is 0 Å². The monoisotopic (exact) mass is 513 g/mol. The summed E-state index contributed by atoms with van der Waals surface area (Å²) in [5, 5.41) is 7.20. The van der Waals surface area contributed by atoms with Gasteiger partial charge in [-0.1, -0.05) is 23.7 Å². The molecular weight excluding hydrogens is 485 g/mol. The van der Waals surface area contributed by atoms with Gasteiger partial charge in [-0.3, -0.25) is 9.36 Å². The lowest BCUT2D eigenvalue weighted by Crippen LogP contribution is -2.66. The maximum atomic E-state index is 13.8. The van der Waals surface area contributed by atoms with Crippen LogP contribution in [0.1, 0.15) is 19.4 Å². The maximum absolute atomic E-state index is 13.8. The van der Waals surface area contributed by atoms with Gasteiger partial charge >= 0.3 is 5.69 Å². The smallest absolute Gasteiger partial charge is 0.351 e. The van der Waals surface area contributed by atoms with Crippen molar-refractivity contribution in [1.29, 1.82) is 0 Å². The summed E-state index contributed by atoms with van der Waals surface area (Å²) >= 11 is 5.98. The zero-order chi connectivity index (χ0) is 25.4. The Bertz CT molecular complexity index is 1320. The summed E-state index contributed by atoms with van der Waals surface area (Å²) in [7, 11) is 0. The molecule has 2 aliphatic rings. The van der Waals surface area contributed by atoms with E-state index in [-0.39, 0.29) is 29.3 Å². The van der Waals surface area contributed by atoms with Crippen LogP contribution in [0, 0.1) is 11.2 Å². The number of benzene rings is 2. The van der Waals surface area contributed by atoms with Crippen LogP contribution in [0.4, 0.5) is 4.39 Å². The van der Waals surface area contributed by atoms with Gasteiger partial charge in [0.15, 0.2) is 5.82 Å². The highest BCUT2D eigenvalue weighted by molar-refractivity contribution is 6.31. The van der Waals surface area contributed by atoms with Crippen LogP contribution in [0.15, 0.2) is 47.3 Å². The van der Waals surface area contributed by atoms with Crippen LogP contribution < -0.4 is 11.0 Å². The van der Waals surface area contributed by atoms with Crippen LogP contribution >= 0.6 is 11.6 Å². The Labute approximate surface area is 213 Å². The Balaban J connectivity index is 1.37. The fourth-order valence-electron chi connectivity index (χ4n) is 4.79. The van der Waals surface area contributed by atoms with Crippen molar-refractivity contribution in [2.45, 2.75) is 32.9 Å². The molecule has 3 aromatic rings. The fraction of sp³-hybridized carbons (Fsp3) is 0.423. The van der Waals surface area contributed by atoms with Crippen LogP contribution in [0.25, 0.3) is 17.1 Å². The molecule has 5 rings (SSSR count). The van der Waals surface area contributed by atoms with E-state index in [2.05, 4.69) is 15.3 Å². The number of hydrogen-bond acceptors (Lipinski definition) is 5. The van der Waals surface area contributed by atoms with Gasteiger partial charge in [-0.15, -0.1) is 5.10 Å². The number of hydrogen-bond donors (Lipinski definition) is 1. The third kappa shape index (κ3) is 4.96. The molecule has 2 aromatic carbocycles. The number of likely N-dealkylation sites (tertiary alicyclic amines) is 1. The van der Waals surface area contributed by atoms with Crippen molar-refractivity contribution in [3.63, 3.8) is 0 Å². The summed E-state index contributed by atoms with van der Waals surface area (Å²) < 4.78 is 21.6. The number of ether oxygens (including phenoxy) is 1. The Morgan fingerprint density at radius 3 is 2.53 bits per heavy atom. The normalized spacial score (nSPS) is 16.7. The molecule has 1 amide bonds. The third-order valence-electron chi connectivity index (χ3n) is 6.62. The molecule has 0 bridgehead atoms. The topological polar surface area (TPSA) is 81.4 Å². The van der Waals surface area contributed by atoms with Crippen LogP contribution in [-0.4, -0.2) is 64.0 Å². The molecule has 0 atom stereocenters. The molecule has 2 aliphatic heterocycles. The van der Waals surface area contributed by atoms with Gasteiger partial charge in [0.1, 0.15) is 12.4 Å². The van der Waals surface area contributed by atoms with Gasteiger partial charge in [-0.2, -0.15) is 4.68 Å². The van der Waals surface area contributed by atoms with Crippen molar-refractivity contribution in [1.82, 2.24) is 24.6 Å². The first-order valence-electron chi connectivity index (χ1n) is 12.1. The Morgan fingerprint density at radius 1 is 1.19 bits per heavy atom. The molecule has 10 heteroatoms. The summed E-state index contributed by atoms with van der Waals surface area (Å²) in [6.45, 7) is 8.40. The molecule has 0 saturated carbocycles. The maximum Gasteiger partial charge on any atom is 0.351 e. The summed E-state index contributed by atoms with van der Waals surface area (Å²) in [5.41, 5.74) is 2.12. The average Bonchev–Trinajstić information content (AvgIpc) is 3.09. The van der Waals surface area contributed by atoms with Crippen molar-refractivity contribution in [2.75, 3.05) is 32.8 Å². The minimum atomic E-state index is -0.573. The quantitative estimate of drug-likeness (QED) is 0.501. The third-order valence-corrected chi connectivity index (χ3v) is 6.91. The molecule has 2 saturated heterocycles. The lowest BCUT2D eigenvalue weighted by Gasteiger charge is -2.55. The molecule has 8 nitrogen and oxygen atoms in total. The van der Waals surface area contributed by atoms with E-state index in [0.29, 0.717) is 16.7 Å². The van der Waals surface area contributed by atoms with Crippen LogP contribution in [0.5, 0.6) is 0 Å². The van der Waals surface area contributed by atoms with Gasteiger partial charge in [-0.05, 0) is 56.2 Å². The number of aromatic nitrogens is 3. The predicted octanol–water partition coefficient (Wildman–Crippen LogP) is 2.89. The minimum absolute atomic E-state index is 0.0802. The van der Waals surface area contributed by atoms with Gasteiger partial charge in [0.2, 0.25) is 5.91 Å². The van der Waals surface area contributed by atoms with Crippen molar-refractivity contribution in [2.24, 2.45) is 5.41 Å². The number of nitrogens with one attached hydrogen (secondary N) is 1. The van der Waals surface area contributed by atoms with E-state index in [0.717, 1.165) is 39.3 Å². The lowest BCUT2D eigenvalue weighted by molar-refractivity contribution is -0.188. The van der Waals surface area contributed by atoms with E-state index in [1.54, 1.807) is 0 Å². The molecular formula is C26H29ClFN5O3. The van der Waals surface area contributed by atoms with Gasteiger partial charge < -0.3 is 15.0 Å². The highest BCUT2D eigenvalue weighted by Crippen LogP contribution is 2.37. The standard InChI is InChI=1S/C26H29ClFN5O3/c1-17(2)29-23(34)12-32-24(19-5-8-22(28)21(27)11-19)30-33(25(32)35)20-6-3-18(4-7-20)9-10-31-13-26(14-31)15-36-16-26/h3-8,11,17H,9-10,12-16H2,1-2H3,(H,29,34). The first kappa shape index (κ1) is 24.7. The van der Waals surface area contributed by atoms with E-state index in [1.807, 2.05) is 38.1 Å². The summed E-state index contributed by atoms with van der Waals surface area (Å²) in [6, 6.07) is 11.7. The second-order valence-electron chi connectivity index (χ2n) is 10.1. The second kappa shape index (κ2) is 9.80. The van der Waals surface area contributed by atoms with Crippen molar-refractivity contribution >= 4 is 17.5 Å². The molecule has 1 N–H and O–H groups in total. The first-order valence-corrected chi connectivity index (χ1v) is 12.4. The molecule has 0 unspecified atom stereocenters. The number of amides is 1. The highest BCUT2D eigenvalue weighted by atomic mass is 35.5. The number of carbonyl (C=O) groups is 1. The Hall–Kier alpha value is -3.01. The molecule has 2 fully saturated rings. The number of halogens is 2. The van der Waals surface area contributed by atoms with Crippen molar-refractivity contribution in [3.8, 4) is 17.1 Å².